The molecule has 0 radical (unpaired) electrons. The van der Waals surface area contributed by atoms with E-state index in [0.717, 1.165) is 23.2 Å². The summed E-state index contributed by atoms with van der Waals surface area (Å²) >= 11 is 0. The second kappa shape index (κ2) is 11.7. The molecule has 0 saturated heterocycles. The van der Waals surface area contributed by atoms with Crippen LogP contribution in [0.5, 0.6) is 23.0 Å². The Hall–Kier alpha value is -4.59. The number of rotatable bonds is 10. The maximum atomic E-state index is 10.3. The summed E-state index contributed by atoms with van der Waals surface area (Å²) in [7, 11) is 3.19. The summed E-state index contributed by atoms with van der Waals surface area (Å²) in [5, 5.41) is 14.6. The molecule has 0 spiro atoms. The highest BCUT2D eigenvalue weighted by molar-refractivity contribution is 5.84. The molecule has 0 unspecified atom stereocenters. The largest absolute Gasteiger partial charge is 0.507 e. The third-order valence-corrected chi connectivity index (χ3v) is 5.32. The minimum Gasteiger partial charge on any atom is -0.507 e. The number of hydrazone groups is 1. The first-order chi connectivity index (χ1) is 17.6. The van der Waals surface area contributed by atoms with Crippen molar-refractivity contribution in [1.82, 2.24) is 9.97 Å². The molecule has 4 rings (SSSR count). The average molecular weight is 485 g/mol. The molecule has 0 aliphatic heterocycles. The lowest BCUT2D eigenvalue weighted by Gasteiger charge is -2.11. The molecule has 0 atom stereocenters. The van der Waals surface area contributed by atoms with Crippen LogP contribution in [0, 0.1) is 0 Å². The Morgan fingerprint density at radius 3 is 2.31 bits per heavy atom. The van der Waals surface area contributed by atoms with Gasteiger partial charge in [-0.1, -0.05) is 37.3 Å². The molecular formula is C28H28N4O4. The fourth-order valence-corrected chi connectivity index (χ4v) is 3.50. The van der Waals surface area contributed by atoms with Crippen molar-refractivity contribution in [3.63, 3.8) is 0 Å². The van der Waals surface area contributed by atoms with E-state index in [4.69, 9.17) is 14.2 Å². The fraction of sp³-hybridized carbons (Fsp3) is 0.179. The van der Waals surface area contributed by atoms with Gasteiger partial charge in [-0.05, 0) is 42.8 Å². The minimum absolute atomic E-state index is 0.0686. The third kappa shape index (κ3) is 5.90. The number of nitrogens with one attached hydrogen (secondary N) is 1. The summed E-state index contributed by atoms with van der Waals surface area (Å²) in [5.74, 6) is 2.22. The van der Waals surface area contributed by atoms with Crippen LogP contribution in [0.25, 0.3) is 22.5 Å². The van der Waals surface area contributed by atoms with Crippen LogP contribution in [0.15, 0.2) is 77.9 Å². The number of nitrogens with zero attached hydrogens (tertiary/aromatic N) is 3. The van der Waals surface area contributed by atoms with Gasteiger partial charge < -0.3 is 19.3 Å². The van der Waals surface area contributed by atoms with Gasteiger partial charge in [0.05, 0.1) is 38.4 Å². The zero-order valence-corrected chi connectivity index (χ0v) is 20.4. The molecule has 1 heterocycles. The number of hydrogen-bond acceptors (Lipinski definition) is 8. The Labute approximate surface area is 210 Å². The highest BCUT2D eigenvalue weighted by Crippen LogP contribution is 2.33. The van der Waals surface area contributed by atoms with E-state index in [1.165, 1.54) is 6.21 Å². The average Bonchev–Trinajstić information content (AvgIpc) is 2.92. The number of methoxy groups -OCH3 is 2. The van der Waals surface area contributed by atoms with E-state index in [-0.39, 0.29) is 5.75 Å². The maximum absolute atomic E-state index is 10.3. The molecule has 8 heteroatoms. The molecule has 0 aliphatic carbocycles. The number of aromatic nitrogens is 2. The van der Waals surface area contributed by atoms with Crippen molar-refractivity contribution < 1.29 is 19.3 Å². The molecule has 0 bridgehead atoms. The van der Waals surface area contributed by atoms with Gasteiger partial charge in [0.15, 0.2) is 11.5 Å². The van der Waals surface area contributed by atoms with Crippen LogP contribution in [-0.4, -0.2) is 42.1 Å². The normalized spacial score (nSPS) is 10.9. The monoisotopic (exact) mass is 484 g/mol. The second-order valence-electron chi connectivity index (χ2n) is 7.84. The van der Waals surface area contributed by atoms with Crippen LogP contribution in [0.3, 0.4) is 0 Å². The standard InChI is InChI=1S/C28H28N4O4/c1-4-14-36-22-12-10-21(25(33)16-22)18-29-32-28-30-23(19-8-6-5-7-9-19)17-24(31-28)20-11-13-26(34-2)27(15-20)35-3/h5-13,15-18,33H,4,14H2,1-3H3,(H,30,31,32)/b29-18+. The van der Waals surface area contributed by atoms with E-state index < -0.39 is 0 Å². The van der Waals surface area contributed by atoms with E-state index in [1.807, 2.05) is 61.5 Å². The molecule has 2 N–H and O–H groups in total. The van der Waals surface area contributed by atoms with Gasteiger partial charge in [-0.15, -0.1) is 0 Å². The lowest BCUT2D eigenvalue weighted by atomic mass is 10.1. The van der Waals surface area contributed by atoms with Crippen molar-refractivity contribution in [2.75, 3.05) is 26.3 Å². The molecule has 8 nitrogen and oxygen atoms in total. The SMILES string of the molecule is CCCOc1ccc(/C=N/Nc2nc(-c3ccccc3)cc(-c3ccc(OC)c(OC)c3)n2)c(O)c1. The van der Waals surface area contributed by atoms with Crippen molar-refractivity contribution in [1.29, 1.82) is 0 Å². The number of hydrogen-bond donors (Lipinski definition) is 2. The number of anilines is 1. The molecule has 4 aromatic rings. The molecule has 0 amide bonds. The molecular weight excluding hydrogens is 456 g/mol. The summed E-state index contributed by atoms with van der Waals surface area (Å²) in [6.45, 7) is 2.61. The van der Waals surface area contributed by atoms with Crippen LogP contribution in [0.1, 0.15) is 18.9 Å². The van der Waals surface area contributed by atoms with Crippen LogP contribution in [0.2, 0.25) is 0 Å². The van der Waals surface area contributed by atoms with Gasteiger partial charge in [-0.25, -0.2) is 15.4 Å². The van der Waals surface area contributed by atoms with E-state index in [1.54, 1.807) is 32.4 Å². The number of phenols is 1. The zero-order valence-electron chi connectivity index (χ0n) is 20.4. The highest BCUT2D eigenvalue weighted by atomic mass is 16.5. The Kier molecular flexibility index (Phi) is 7.97. The Morgan fingerprint density at radius 2 is 1.61 bits per heavy atom. The summed E-state index contributed by atoms with van der Waals surface area (Å²) in [6, 6.07) is 22.4. The maximum Gasteiger partial charge on any atom is 0.244 e. The lowest BCUT2D eigenvalue weighted by Crippen LogP contribution is -2.01. The molecule has 3 aromatic carbocycles. The summed E-state index contributed by atoms with van der Waals surface area (Å²) < 4.78 is 16.4. The molecule has 0 fully saturated rings. The van der Waals surface area contributed by atoms with Gasteiger partial charge in [-0.3, -0.25) is 0 Å². The van der Waals surface area contributed by atoms with Gasteiger partial charge >= 0.3 is 0 Å². The van der Waals surface area contributed by atoms with Gasteiger partial charge in [0.2, 0.25) is 5.95 Å². The first kappa shape index (κ1) is 24.5. The predicted octanol–water partition coefficient (Wildman–Crippen LogP) is 5.77. The quantitative estimate of drug-likeness (QED) is 0.218. The van der Waals surface area contributed by atoms with E-state index in [2.05, 4.69) is 20.5 Å². The van der Waals surface area contributed by atoms with Gasteiger partial charge in [0.25, 0.3) is 0 Å². The summed E-state index contributed by atoms with van der Waals surface area (Å²) in [6.07, 6.45) is 2.40. The second-order valence-corrected chi connectivity index (χ2v) is 7.84. The number of ether oxygens (including phenoxy) is 3. The first-order valence-electron chi connectivity index (χ1n) is 11.5. The molecule has 36 heavy (non-hydrogen) atoms. The topological polar surface area (TPSA) is 98.1 Å². The molecule has 1 aromatic heterocycles. The summed E-state index contributed by atoms with van der Waals surface area (Å²) in [5.41, 5.74) is 6.61. The molecule has 0 saturated carbocycles. The lowest BCUT2D eigenvalue weighted by molar-refractivity contribution is 0.315. The van der Waals surface area contributed by atoms with E-state index >= 15 is 0 Å². The first-order valence-corrected chi connectivity index (χ1v) is 11.5. The Bertz CT molecular complexity index is 1340. The fourth-order valence-electron chi connectivity index (χ4n) is 3.50. The van der Waals surface area contributed by atoms with Crippen LogP contribution >= 0.6 is 0 Å². The number of phenolic OH excluding ortho intramolecular Hbond substituents is 1. The van der Waals surface area contributed by atoms with Crippen LogP contribution in [-0.2, 0) is 0 Å². The van der Waals surface area contributed by atoms with Crippen molar-refractivity contribution in [2.24, 2.45) is 5.10 Å². The van der Waals surface area contributed by atoms with E-state index in [9.17, 15) is 5.11 Å². The predicted molar refractivity (Wildman–Crippen MR) is 141 cm³/mol. The molecule has 0 aliphatic rings. The zero-order chi connectivity index (χ0) is 25.3. The smallest absolute Gasteiger partial charge is 0.244 e. The highest BCUT2D eigenvalue weighted by Gasteiger charge is 2.12. The number of benzene rings is 3. The Balaban J connectivity index is 1.64. The third-order valence-electron chi connectivity index (χ3n) is 5.32. The van der Waals surface area contributed by atoms with Crippen molar-refractivity contribution in [2.45, 2.75) is 13.3 Å². The van der Waals surface area contributed by atoms with E-state index in [0.29, 0.717) is 41.1 Å². The van der Waals surface area contributed by atoms with Crippen LogP contribution < -0.4 is 19.6 Å². The van der Waals surface area contributed by atoms with Crippen molar-refractivity contribution >= 4 is 12.2 Å². The molecule has 184 valence electrons. The minimum atomic E-state index is 0.0686. The van der Waals surface area contributed by atoms with Gasteiger partial charge in [0.1, 0.15) is 11.5 Å². The van der Waals surface area contributed by atoms with Crippen molar-refractivity contribution in [3.05, 3.63) is 78.4 Å². The van der Waals surface area contributed by atoms with Gasteiger partial charge in [-0.2, -0.15) is 5.10 Å². The summed E-state index contributed by atoms with van der Waals surface area (Å²) in [4.78, 5) is 9.28. The van der Waals surface area contributed by atoms with Crippen molar-refractivity contribution in [3.8, 4) is 45.5 Å². The van der Waals surface area contributed by atoms with Crippen LogP contribution in [0.4, 0.5) is 5.95 Å². The Morgan fingerprint density at radius 1 is 0.861 bits per heavy atom. The number of aromatic hydroxyl groups is 1. The van der Waals surface area contributed by atoms with Gasteiger partial charge in [0, 0.05) is 22.8 Å².